The Bertz CT molecular complexity index is 3130. The van der Waals surface area contributed by atoms with Gasteiger partial charge in [-0.3, -0.25) is 0 Å². The zero-order valence-electron chi connectivity index (χ0n) is 29.8. The summed E-state index contributed by atoms with van der Waals surface area (Å²) >= 11 is 0. The molecule has 248 valence electrons. The molecule has 0 atom stereocenters. The topological polar surface area (TPSA) is 0 Å². The average molecular weight is 673 g/mol. The SMILES string of the molecule is CC1(C)c2cc(-c3cccc4ccccc34)ccc2-c2cc3c(-c4ccc5ccccc5c4)c4ccccc4c(-c4ccc5ccccc5c4)c3cc21. The van der Waals surface area contributed by atoms with Crippen molar-refractivity contribution in [2.45, 2.75) is 19.3 Å². The van der Waals surface area contributed by atoms with Gasteiger partial charge in [-0.1, -0.05) is 166 Å². The highest BCUT2D eigenvalue weighted by molar-refractivity contribution is 6.23. The van der Waals surface area contributed by atoms with Gasteiger partial charge in [-0.05, 0) is 140 Å². The van der Waals surface area contributed by atoms with Crippen LogP contribution in [0, 0.1) is 0 Å². The van der Waals surface area contributed by atoms with E-state index in [2.05, 4.69) is 196 Å². The van der Waals surface area contributed by atoms with Crippen molar-refractivity contribution in [3.05, 3.63) is 193 Å². The molecule has 0 saturated carbocycles. The Morgan fingerprint density at radius 2 is 0.774 bits per heavy atom. The van der Waals surface area contributed by atoms with E-state index in [9.17, 15) is 0 Å². The van der Waals surface area contributed by atoms with E-state index in [1.165, 1.54) is 109 Å². The van der Waals surface area contributed by atoms with Crippen LogP contribution in [0.3, 0.4) is 0 Å². The summed E-state index contributed by atoms with van der Waals surface area (Å²) < 4.78 is 0. The first-order valence-electron chi connectivity index (χ1n) is 18.7. The maximum absolute atomic E-state index is 2.55. The molecule has 0 amide bonds. The van der Waals surface area contributed by atoms with Gasteiger partial charge < -0.3 is 0 Å². The zero-order chi connectivity index (χ0) is 35.3. The van der Waals surface area contributed by atoms with Crippen molar-refractivity contribution in [3.63, 3.8) is 0 Å². The van der Waals surface area contributed by atoms with Gasteiger partial charge in [0.2, 0.25) is 0 Å². The number of hydrogen-bond donors (Lipinski definition) is 0. The molecule has 1 aliphatic rings. The third-order valence-corrected chi connectivity index (χ3v) is 12.0. The predicted molar refractivity (Wildman–Crippen MR) is 228 cm³/mol. The van der Waals surface area contributed by atoms with E-state index >= 15 is 0 Å². The van der Waals surface area contributed by atoms with Gasteiger partial charge in [0, 0.05) is 5.41 Å². The van der Waals surface area contributed by atoms with Gasteiger partial charge in [-0.15, -0.1) is 0 Å². The minimum absolute atomic E-state index is 0.186. The quantitative estimate of drug-likeness (QED) is 0.164. The number of rotatable bonds is 3. The summed E-state index contributed by atoms with van der Waals surface area (Å²) in [5.74, 6) is 0. The monoisotopic (exact) mass is 672 g/mol. The molecule has 0 saturated heterocycles. The largest absolute Gasteiger partial charge is 0.0616 e. The lowest BCUT2D eigenvalue weighted by atomic mass is 9.79. The third-order valence-electron chi connectivity index (χ3n) is 12.0. The molecule has 10 aromatic rings. The highest BCUT2D eigenvalue weighted by atomic mass is 14.4. The second kappa shape index (κ2) is 11.2. The van der Waals surface area contributed by atoms with Crippen LogP contribution in [0.5, 0.6) is 0 Å². The van der Waals surface area contributed by atoms with E-state index < -0.39 is 0 Å². The van der Waals surface area contributed by atoms with Crippen molar-refractivity contribution in [2.75, 3.05) is 0 Å². The normalized spacial score (nSPS) is 13.2. The molecule has 0 nitrogen and oxygen atoms in total. The van der Waals surface area contributed by atoms with Gasteiger partial charge in [0.1, 0.15) is 0 Å². The smallest absolute Gasteiger partial charge is 0.0159 e. The molecular formula is C53H36. The molecule has 0 fully saturated rings. The summed E-state index contributed by atoms with van der Waals surface area (Å²) in [6.45, 7) is 4.83. The Morgan fingerprint density at radius 1 is 0.283 bits per heavy atom. The van der Waals surface area contributed by atoms with Crippen LogP contribution >= 0.6 is 0 Å². The van der Waals surface area contributed by atoms with Gasteiger partial charge in [-0.25, -0.2) is 0 Å². The maximum atomic E-state index is 2.55. The van der Waals surface area contributed by atoms with Crippen LogP contribution in [0.15, 0.2) is 182 Å². The first kappa shape index (κ1) is 30.2. The molecule has 0 bridgehead atoms. The molecular weight excluding hydrogens is 637 g/mol. The lowest BCUT2D eigenvalue weighted by molar-refractivity contribution is 0.661. The van der Waals surface area contributed by atoms with Crippen molar-refractivity contribution in [2.24, 2.45) is 0 Å². The van der Waals surface area contributed by atoms with Gasteiger partial charge in [0.05, 0.1) is 0 Å². The third kappa shape index (κ3) is 4.49. The number of benzene rings is 10. The second-order valence-corrected chi connectivity index (χ2v) is 15.3. The van der Waals surface area contributed by atoms with Crippen LogP contribution in [0.4, 0.5) is 0 Å². The second-order valence-electron chi connectivity index (χ2n) is 15.3. The minimum Gasteiger partial charge on any atom is -0.0616 e. The summed E-state index contributed by atoms with van der Waals surface area (Å²) in [6.07, 6.45) is 0. The Labute approximate surface area is 309 Å². The first-order valence-corrected chi connectivity index (χ1v) is 18.7. The maximum Gasteiger partial charge on any atom is 0.0159 e. The molecule has 53 heavy (non-hydrogen) atoms. The van der Waals surface area contributed by atoms with Gasteiger partial charge >= 0.3 is 0 Å². The van der Waals surface area contributed by atoms with Crippen molar-refractivity contribution in [1.29, 1.82) is 0 Å². The molecule has 0 N–H and O–H groups in total. The fourth-order valence-electron chi connectivity index (χ4n) is 9.36. The standard InChI is InChI=1S/C53H36/c1-53(2)49-30-38(42-21-11-17-35-14-7-8-18-41(35)42)26-27-43(49)46-31-47-48(32-50(46)53)52(40-25-23-34-13-4-6-16-37(34)29-40)45-20-10-9-19-44(45)51(47)39-24-22-33-12-3-5-15-36(33)28-39/h3-32H,1-2H3. The van der Waals surface area contributed by atoms with Crippen LogP contribution in [0.25, 0.3) is 98.4 Å². The number of hydrogen-bond acceptors (Lipinski definition) is 0. The van der Waals surface area contributed by atoms with E-state index in [4.69, 9.17) is 0 Å². The van der Waals surface area contributed by atoms with Crippen LogP contribution in [0.2, 0.25) is 0 Å². The molecule has 0 spiro atoms. The van der Waals surface area contributed by atoms with Gasteiger partial charge in [0.25, 0.3) is 0 Å². The summed E-state index contributed by atoms with van der Waals surface area (Å²) in [5.41, 5.74) is 12.9. The summed E-state index contributed by atoms with van der Waals surface area (Å²) in [4.78, 5) is 0. The Kier molecular flexibility index (Phi) is 6.40. The first-order chi connectivity index (χ1) is 26.0. The fraction of sp³-hybridized carbons (Fsp3) is 0.0566. The van der Waals surface area contributed by atoms with Crippen molar-refractivity contribution in [3.8, 4) is 44.5 Å². The van der Waals surface area contributed by atoms with Gasteiger partial charge in [0.15, 0.2) is 0 Å². The molecule has 0 aliphatic heterocycles. The Balaban J connectivity index is 1.23. The molecule has 11 rings (SSSR count). The average Bonchev–Trinajstić information content (AvgIpc) is 3.43. The molecule has 0 radical (unpaired) electrons. The Morgan fingerprint density at radius 3 is 1.42 bits per heavy atom. The van der Waals surface area contributed by atoms with Gasteiger partial charge in [-0.2, -0.15) is 0 Å². The number of fused-ring (bicyclic) bond motifs is 8. The van der Waals surface area contributed by atoms with E-state index in [0.717, 1.165) is 0 Å². The highest BCUT2D eigenvalue weighted by Gasteiger charge is 2.37. The van der Waals surface area contributed by atoms with Crippen LogP contribution < -0.4 is 0 Å². The predicted octanol–water partition coefficient (Wildman–Crippen LogP) is 14.8. The van der Waals surface area contributed by atoms with Crippen molar-refractivity contribution in [1.82, 2.24) is 0 Å². The fourth-order valence-corrected chi connectivity index (χ4v) is 9.36. The van der Waals surface area contributed by atoms with E-state index in [1.54, 1.807) is 0 Å². The van der Waals surface area contributed by atoms with E-state index in [0.29, 0.717) is 0 Å². The van der Waals surface area contributed by atoms with Crippen LogP contribution in [0.1, 0.15) is 25.0 Å². The summed E-state index contributed by atoms with van der Waals surface area (Å²) in [5, 5.41) is 12.8. The van der Waals surface area contributed by atoms with E-state index in [-0.39, 0.29) is 5.41 Å². The highest BCUT2D eigenvalue weighted by Crippen LogP contribution is 2.54. The minimum atomic E-state index is -0.186. The molecule has 0 heterocycles. The molecule has 1 aliphatic carbocycles. The van der Waals surface area contributed by atoms with E-state index in [1.807, 2.05) is 0 Å². The van der Waals surface area contributed by atoms with Crippen molar-refractivity contribution < 1.29 is 0 Å². The summed E-state index contributed by atoms with van der Waals surface area (Å²) in [7, 11) is 0. The van der Waals surface area contributed by atoms with Crippen LogP contribution in [-0.4, -0.2) is 0 Å². The lowest BCUT2D eigenvalue weighted by Crippen LogP contribution is -2.15. The Hall–Kier alpha value is -6.50. The molecule has 0 aromatic heterocycles. The molecule has 0 unspecified atom stereocenters. The molecule has 0 heteroatoms. The van der Waals surface area contributed by atoms with Crippen molar-refractivity contribution >= 4 is 53.9 Å². The zero-order valence-corrected chi connectivity index (χ0v) is 29.8. The summed E-state index contributed by atoms with van der Waals surface area (Å²) in [6, 6.07) is 68.1. The lowest BCUT2D eigenvalue weighted by Gasteiger charge is -2.24. The molecule has 10 aromatic carbocycles. The van der Waals surface area contributed by atoms with Crippen LogP contribution in [-0.2, 0) is 5.41 Å².